The molecule has 1 unspecified atom stereocenters. The lowest BCUT2D eigenvalue weighted by atomic mass is 10.1. The summed E-state index contributed by atoms with van der Waals surface area (Å²) in [5.74, 6) is -1.03. The average molecular weight is 248 g/mol. The van der Waals surface area contributed by atoms with Gasteiger partial charge in [0.15, 0.2) is 0 Å². The van der Waals surface area contributed by atoms with Crippen LogP contribution in [0.15, 0.2) is 18.2 Å². The Morgan fingerprint density at radius 1 is 1.50 bits per heavy atom. The monoisotopic (exact) mass is 248 g/mol. The summed E-state index contributed by atoms with van der Waals surface area (Å²) >= 11 is 0. The highest BCUT2D eigenvalue weighted by Crippen LogP contribution is 2.22. The van der Waals surface area contributed by atoms with Crippen molar-refractivity contribution < 1.29 is 14.7 Å². The van der Waals surface area contributed by atoms with E-state index in [1.807, 2.05) is 13.0 Å². The first-order valence-electron chi connectivity index (χ1n) is 6.04. The Kier molecular flexibility index (Phi) is 3.60. The zero-order valence-corrected chi connectivity index (χ0v) is 10.3. The van der Waals surface area contributed by atoms with Crippen LogP contribution in [0.1, 0.15) is 35.4 Å². The third-order valence-corrected chi connectivity index (χ3v) is 3.16. The molecule has 1 fully saturated rings. The molecule has 96 valence electrons. The SMILES string of the molecule is Cc1cccc(C(=O)N2CCCC2CC(=O)O)n1. The molecule has 18 heavy (non-hydrogen) atoms. The number of amides is 1. The molecule has 0 bridgehead atoms. The van der Waals surface area contributed by atoms with E-state index in [-0.39, 0.29) is 18.4 Å². The Labute approximate surface area is 105 Å². The summed E-state index contributed by atoms with van der Waals surface area (Å²) in [5.41, 5.74) is 1.18. The van der Waals surface area contributed by atoms with Crippen LogP contribution in [0.25, 0.3) is 0 Å². The van der Waals surface area contributed by atoms with Crippen molar-refractivity contribution in [3.63, 3.8) is 0 Å². The van der Waals surface area contributed by atoms with E-state index in [0.717, 1.165) is 18.5 Å². The molecule has 0 radical (unpaired) electrons. The quantitative estimate of drug-likeness (QED) is 0.879. The first-order chi connectivity index (χ1) is 8.58. The van der Waals surface area contributed by atoms with Gasteiger partial charge in [-0.25, -0.2) is 4.98 Å². The minimum absolute atomic E-state index is 0.0115. The van der Waals surface area contributed by atoms with Gasteiger partial charge < -0.3 is 10.0 Å². The van der Waals surface area contributed by atoms with Crippen molar-refractivity contribution in [2.75, 3.05) is 6.54 Å². The Morgan fingerprint density at radius 2 is 2.28 bits per heavy atom. The van der Waals surface area contributed by atoms with Gasteiger partial charge in [0.1, 0.15) is 5.69 Å². The molecule has 1 aromatic heterocycles. The molecule has 2 rings (SSSR count). The fraction of sp³-hybridized carbons (Fsp3) is 0.462. The maximum Gasteiger partial charge on any atom is 0.305 e. The molecular weight excluding hydrogens is 232 g/mol. The van der Waals surface area contributed by atoms with Gasteiger partial charge in [-0.05, 0) is 31.9 Å². The van der Waals surface area contributed by atoms with Crippen molar-refractivity contribution in [2.24, 2.45) is 0 Å². The molecule has 1 aliphatic heterocycles. The van der Waals surface area contributed by atoms with Crippen LogP contribution in [0.3, 0.4) is 0 Å². The lowest BCUT2D eigenvalue weighted by Gasteiger charge is -2.23. The number of nitrogens with zero attached hydrogens (tertiary/aromatic N) is 2. The number of carboxylic acid groups (broad SMARTS) is 1. The van der Waals surface area contributed by atoms with E-state index in [4.69, 9.17) is 5.11 Å². The molecule has 0 spiro atoms. The molecule has 5 nitrogen and oxygen atoms in total. The van der Waals surface area contributed by atoms with E-state index in [1.54, 1.807) is 17.0 Å². The van der Waals surface area contributed by atoms with Crippen LogP contribution >= 0.6 is 0 Å². The largest absolute Gasteiger partial charge is 0.481 e. The predicted molar refractivity (Wildman–Crippen MR) is 65.3 cm³/mol. The van der Waals surface area contributed by atoms with Crippen LogP contribution in [0.5, 0.6) is 0 Å². The van der Waals surface area contributed by atoms with E-state index >= 15 is 0 Å². The van der Waals surface area contributed by atoms with Crippen molar-refractivity contribution in [2.45, 2.75) is 32.2 Å². The first kappa shape index (κ1) is 12.5. The van der Waals surface area contributed by atoms with Crippen molar-refractivity contribution in [3.05, 3.63) is 29.6 Å². The lowest BCUT2D eigenvalue weighted by molar-refractivity contribution is -0.137. The van der Waals surface area contributed by atoms with Gasteiger partial charge in [-0.3, -0.25) is 9.59 Å². The standard InChI is InChI=1S/C13H16N2O3/c1-9-4-2-6-11(14-9)13(18)15-7-3-5-10(15)8-12(16)17/h2,4,6,10H,3,5,7-8H2,1H3,(H,16,17). The fourth-order valence-electron chi connectivity index (χ4n) is 2.33. The third-order valence-electron chi connectivity index (χ3n) is 3.16. The van der Waals surface area contributed by atoms with Crippen molar-refractivity contribution in [3.8, 4) is 0 Å². The summed E-state index contributed by atoms with van der Waals surface area (Å²) in [6, 6.07) is 5.09. The predicted octanol–water partition coefficient (Wildman–Crippen LogP) is 1.47. The van der Waals surface area contributed by atoms with Crippen LogP contribution in [-0.4, -0.2) is 39.5 Å². The summed E-state index contributed by atoms with van der Waals surface area (Å²) in [6.07, 6.45) is 1.62. The molecule has 1 amide bonds. The molecule has 1 N–H and O–H groups in total. The first-order valence-corrected chi connectivity index (χ1v) is 6.04. The number of hydrogen-bond acceptors (Lipinski definition) is 3. The molecule has 0 aromatic carbocycles. The van der Waals surface area contributed by atoms with Crippen LogP contribution in [-0.2, 0) is 4.79 Å². The molecule has 1 aromatic rings. The second kappa shape index (κ2) is 5.16. The molecule has 0 saturated carbocycles. The summed E-state index contributed by atoms with van der Waals surface area (Å²) in [6.45, 7) is 2.45. The number of aliphatic carboxylic acids is 1. The smallest absolute Gasteiger partial charge is 0.305 e. The van der Waals surface area contributed by atoms with E-state index in [0.29, 0.717) is 12.2 Å². The Bertz CT molecular complexity index is 473. The van der Waals surface area contributed by atoms with Crippen molar-refractivity contribution in [1.29, 1.82) is 0 Å². The number of hydrogen-bond donors (Lipinski definition) is 1. The van der Waals surface area contributed by atoms with Gasteiger partial charge in [-0.15, -0.1) is 0 Å². The number of carboxylic acids is 1. The second-order valence-electron chi connectivity index (χ2n) is 4.56. The molecule has 1 saturated heterocycles. The van der Waals surface area contributed by atoms with Gasteiger partial charge in [0.2, 0.25) is 0 Å². The number of pyridine rings is 1. The van der Waals surface area contributed by atoms with Crippen molar-refractivity contribution in [1.82, 2.24) is 9.88 Å². The van der Waals surface area contributed by atoms with Crippen LogP contribution in [0, 0.1) is 6.92 Å². The second-order valence-corrected chi connectivity index (χ2v) is 4.56. The number of aryl methyl sites for hydroxylation is 1. The maximum absolute atomic E-state index is 12.3. The zero-order chi connectivity index (χ0) is 13.1. The van der Waals surface area contributed by atoms with Gasteiger partial charge in [0, 0.05) is 18.3 Å². The summed E-state index contributed by atoms with van der Waals surface area (Å²) < 4.78 is 0. The minimum Gasteiger partial charge on any atom is -0.481 e. The van der Waals surface area contributed by atoms with Crippen LogP contribution in [0.2, 0.25) is 0 Å². The average Bonchev–Trinajstić information content (AvgIpc) is 2.75. The fourth-order valence-corrected chi connectivity index (χ4v) is 2.33. The zero-order valence-electron chi connectivity index (χ0n) is 10.3. The number of aromatic nitrogens is 1. The highest BCUT2D eigenvalue weighted by Gasteiger charge is 2.31. The molecule has 1 atom stereocenters. The lowest BCUT2D eigenvalue weighted by Crippen LogP contribution is -2.37. The van der Waals surface area contributed by atoms with E-state index in [1.165, 1.54) is 0 Å². The van der Waals surface area contributed by atoms with Gasteiger partial charge >= 0.3 is 5.97 Å². The van der Waals surface area contributed by atoms with Gasteiger partial charge in [0.25, 0.3) is 5.91 Å². The normalized spacial score (nSPS) is 18.9. The van der Waals surface area contributed by atoms with Crippen LogP contribution < -0.4 is 0 Å². The number of rotatable bonds is 3. The third kappa shape index (κ3) is 2.67. The van der Waals surface area contributed by atoms with Gasteiger partial charge in [0.05, 0.1) is 6.42 Å². The van der Waals surface area contributed by atoms with E-state index in [2.05, 4.69) is 4.98 Å². The number of carbonyl (C=O) groups excluding carboxylic acids is 1. The Hall–Kier alpha value is -1.91. The summed E-state index contributed by atoms with van der Waals surface area (Å²) in [7, 11) is 0. The highest BCUT2D eigenvalue weighted by atomic mass is 16.4. The highest BCUT2D eigenvalue weighted by molar-refractivity contribution is 5.93. The Balaban J connectivity index is 2.15. The van der Waals surface area contributed by atoms with Crippen molar-refractivity contribution >= 4 is 11.9 Å². The number of carbonyl (C=O) groups is 2. The molecular formula is C13H16N2O3. The maximum atomic E-state index is 12.3. The molecule has 0 aliphatic carbocycles. The topological polar surface area (TPSA) is 70.5 Å². The Morgan fingerprint density at radius 3 is 2.94 bits per heavy atom. The molecule has 2 heterocycles. The van der Waals surface area contributed by atoms with E-state index < -0.39 is 5.97 Å². The molecule has 1 aliphatic rings. The summed E-state index contributed by atoms with van der Waals surface area (Å²) in [4.78, 5) is 28.8. The van der Waals surface area contributed by atoms with Crippen LogP contribution in [0.4, 0.5) is 0 Å². The van der Waals surface area contributed by atoms with Gasteiger partial charge in [-0.1, -0.05) is 6.07 Å². The summed E-state index contributed by atoms with van der Waals surface area (Å²) in [5, 5.41) is 8.83. The minimum atomic E-state index is -0.864. The molecule has 5 heteroatoms. The van der Waals surface area contributed by atoms with E-state index in [9.17, 15) is 9.59 Å². The van der Waals surface area contributed by atoms with Gasteiger partial charge in [-0.2, -0.15) is 0 Å². The number of likely N-dealkylation sites (tertiary alicyclic amines) is 1.